The van der Waals surface area contributed by atoms with Crippen molar-refractivity contribution in [3.05, 3.63) is 47.9 Å². The molecule has 1 aliphatic rings. The zero-order valence-electron chi connectivity index (χ0n) is 16.2. The first kappa shape index (κ1) is 19.2. The number of piperazine rings is 1. The molecule has 7 heteroatoms. The fourth-order valence-corrected chi connectivity index (χ4v) is 3.18. The minimum atomic E-state index is 0.609. The minimum absolute atomic E-state index is 0.609. The highest BCUT2D eigenvalue weighted by molar-refractivity contribution is 5.80. The van der Waals surface area contributed by atoms with Crippen molar-refractivity contribution in [2.45, 2.75) is 26.9 Å². The molecule has 0 aliphatic carbocycles. The summed E-state index contributed by atoms with van der Waals surface area (Å²) in [7, 11) is 0. The van der Waals surface area contributed by atoms with Gasteiger partial charge >= 0.3 is 0 Å². The van der Waals surface area contributed by atoms with Crippen LogP contribution in [0.4, 0.5) is 0 Å². The van der Waals surface area contributed by atoms with Gasteiger partial charge in [0.1, 0.15) is 12.0 Å². The molecule has 0 radical (unpaired) electrons. The van der Waals surface area contributed by atoms with Crippen molar-refractivity contribution in [2.24, 2.45) is 4.99 Å². The van der Waals surface area contributed by atoms with Gasteiger partial charge in [-0.05, 0) is 19.9 Å². The van der Waals surface area contributed by atoms with Gasteiger partial charge in [-0.3, -0.25) is 4.90 Å². The van der Waals surface area contributed by atoms with E-state index in [0.29, 0.717) is 13.2 Å². The highest BCUT2D eigenvalue weighted by atomic mass is 16.5. The Bertz CT molecular complexity index is 709. The summed E-state index contributed by atoms with van der Waals surface area (Å²) >= 11 is 0. The van der Waals surface area contributed by atoms with Crippen LogP contribution in [-0.4, -0.2) is 60.2 Å². The molecule has 1 fully saturated rings. The largest absolute Gasteiger partial charge is 0.494 e. The number of rotatable bonds is 7. The number of benzene rings is 1. The second-order valence-corrected chi connectivity index (χ2v) is 6.46. The molecular weight excluding hydrogens is 342 g/mol. The van der Waals surface area contributed by atoms with Crippen LogP contribution in [0.25, 0.3) is 0 Å². The number of aliphatic imine (C=N–C) groups is 1. The summed E-state index contributed by atoms with van der Waals surface area (Å²) in [5, 5.41) is 7.43. The topological polar surface area (TPSA) is 66.1 Å². The van der Waals surface area contributed by atoms with Crippen LogP contribution in [0.5, 0.6) is 5.75 Å². The van der Waals surface area contributed by atoms with Crippen molar-refractivity contribution < 1.29 is 9.26 Å². The molecule has 146 valence electrons. The highest BCUT2D eigenvalue weighted by Crippen LogP contribution is 2.19. The van der Waals surface area contributed by atoms with E-state index in [1.165, 1.54) is 0 Å². The Morgan fingerprint density at radius 3 is 2.70 bits per heavy atom. The third-order valence-electron chi connectivity index (χ3n) is 4.56. The lowest BCUT2D eigenvalue weighted by Gasteiger charge is -2.36. The molecule has 1 saturated heterocycles. The third kappa shape index (κ3) is 5.47. The Labute approximate surface area is 161 Å². The molecule has 7 nitrogen and oxygen atoms in total. The van der Waals surface area contributed by atoms with Gasteiger partial charge in [-0.2, -0.15) is 0 Å². The first-order valence-corrected chi connectivity index (χ1v) is 9.65. The summed E-state index contributed by atoms with van der Waals surface area (Å²) in [6.07, 6.45) is 1.63. The molecule has 1 aromatic carbocycles. The number of nitrogens with one attached hydrogen (secondary N) is 1. The molecule has 0 bridgehead atoms. The van der Waals surface area contributed by atoms with E-state index in [4.69, 9.17) is 14.3 Å². The molecule has 0 unspecified atom stereocenters. The molecule has 0 saturated carbocycles. The molecular formula is C20H29N5O2. The maximum absolute atomic E-state index is 5.72. The Morgan fingerprint density at radius 1 is 1.19 bits per heavy atom. The average Bonchev–Trinajstić information content (AvgIpc) is 3.20. The zero-order chi connectivity index (χ0) is 18.9. The summed E-state index contributed by atoms with van der Waals surface area (Å²) in [6, 6.07) is 10.0. The van der Waals surface area contributed by atoms with E-state index in [1.54, 1.807) is 6.26 Å². The normalized spacial score (nSPS) is 15.8. The van der Waals surface area contributed by atoms with E-state index in [-0.39, 0.29) is 0 Å². The summed E-state index contributed by atoms with van der Waals surface area (Å²) in [4.78, 5) is 9.57. The van der Waals surface area contributed by atoms with Crippen LogP contribution in [0.1, 0.15) is 25.1 Å². The van der Waals surface area contributed by atoms with Crippen LogP contribution in [0.15, 0.2) is 46.1 Å². The lowest BCUT2D eigenvalue weighted by molar-refractivity contribution is 0.169. The molecule has 3 rings (SSSR count). The number of nitrogens with zero attached hydrogens (tertiary/aromatic N) is 4. The molecule has 1 N–H and O–H groups in total. The van der Waals surface area contributed by atoms with E-state index in [1.807, 2.05) is 31.2 Å². The van der Waals surface area contributed by atoms with Gasteiger partial charge in [0.2, 0.25) is 0 Å². The maximum Gasteiger partial charge on any atom is 0.194 e. The Balaban J connectivity index is 1.59. The molecule has 0 amide bonds. The van der Waals surface area contributed by atoms with Gasteiger partial charge in [0, 0.05) is 50.9 Å². The highest BCUT2D eigenvalue weighted by Gasteiger charge is 2.20. The third-order valence-corrected chi connectivity index (χ3v) is 4.56. The molecule has 0 atom stereocenters. The van der Waals surface area contributed by atoms with Crippen LogP contribution in [0.2, 0.25) is 0 Å². The summed E-state index contributed by atoms with van der Waals surface area (Å²) < 4.78 is 10.6. The van der Waals surface area contributed by atoms with Crippen molar-refractivity contribution in [1.29, 1.82) is 0 Å². The van der Waals surface area contributed by atoms with Crippen molar-refractivity contribution in [3.8, 4) is 5.75 Å². The second kappa shape index (κ2) is 9.97. The predicted molar refractivity (Wildman–Crippen MR) is 106 cm³/mol. The molecule has 2 aromatic rings. The van der Waals surface area contributed by atoms with Gasteiger partial charge in [-0.1, -0.05) is 23.4 Å². The Kier molecular flexibility index (Phi) is 7.10. The van der Waals surface area contributed by atoms with Crippen LogP contribution >= 0.6 is 0 Å². The van der Waals surface area contributed by atoms with Gasteiger partial charge < -0.3 is 19.5 Å². The monoisotopic (exact) mass is 371 g/mol. The predicted octanol–water partition coefficient (Wildman–Crippen LogP) is 2.36. The average molecular weight is 371 g/mol. The van der Waals surface area contributed by atoms with Crippen LogP contribution in [0.3, 0.4) is 0 Å². The summed E-state index contributed by atoms with van der Waals surface area (Å²) in [5.41, 5.74) is 2.09. The standard InChI is InChI=1S/C20H29N5O2/c1-3-21-20(22-15-17-7-5-6-8-19(17)26-4-2)25-12-10-24(11-13-25)16-18-9-14-27-23-18/h5-9,14H,3-4,10-13,15-16H2,1-2H3,(H,21,22). The van der Waals surface area contributed by atoms with Gasteiger partial charge in [0.05, 0.1) is 18.8 Å². The lowest BCUT2D eigenvalue weighted by atomic mass is 10.2. The van der Waals surface area contributed by atoms with Gasteiger partial charge in [-0.15, -0.1) is 0 Å². The number of aromatic nitrogens is 1. The van der Waals surface area contributed by atoms with Gasteiger partial charge in [-0.25, -0.2) is 4.99 Å². The molecule has 2 heterocycles. The fraction of sp³-hybridized carbons (Fsp3) is 0.500. The van der Waals surface area contributed by atoms with E-state index >= 15 is 0 Å². The van der Waals surface area contributed by atoms with Crippen LogP contribution < -0.4 is 10.1 Å². The van der Waals surface area contributed by atoms with Crippen LogP contribution in [-0.2, 0) is 13.1 Å². The smallest absolute Gasteiger partial charge is 0.194 e. The van der Waals surface area contributed by atoms with Crippen molar-refractivity contribution in [2.75, 3.05) is 39.3 Å². The number of guanidine groups is 1. The molecule has 1 aliphatic heterocycles. The number of hydrogen-bond donors (Lipinski definition) is 1. The van der Waals surface area contributed by atoms with E-state index in [9.17, 15) is 0 Å². The quantitative estimate of drug-likeness (QED) is 0.595. The van der Waals surface area contributed by atoms with Gasteiger partial charge in [0.25, 0.3) is 0 Å². The van der Waals surface area contributed by atoms with E-state index < -0.39 is 0 Å². The minimum Gasteiger partial charge on any atom is -0.494 e. The molecule has 1 aromatic heterocycles. The molecule has 27 heavy (non-hydrogen) atoms. The lowest BCUT2D eigenvalue weighted by Crippen LogP contribution is -2.52. The van der Waals surface area contributed by atoms with Gasteiger partial charge in [0.15, 0.2) is 5.96 Å². The van der Waals surface area contributed by atoms with E-state index in [2.05, 4.69) is 33.3 Å². The van der Waals surface area contributed by atoms with Crippen molar-refractivity contribution in [1.82, 2.24) is 20.3 Å². The first-order chi connectivity index (χ1) is 13.3. The maximum atomic E-state index is 5.72. The van der Waals surface area contributed by atoms with Crippen LogP contribution in [0, 0.1) is 0 Å². The zero-order valence-corrected chi connectivity index (χ0v) is 16.2. The fourth-order valence-electron chi connectivity index (χ4n) is 3.18. The SMILES string of the molecule is CCNC(=NCc1ccccc1OCC)N1CCN(Cc2ccon2)CC1. The van der Waals surface area contributed by atoms with E-state index in [0.717, 1.165) is 62.2 Å². The number of hydrogen-bond acceptors (Lipinski definition) is 5. The summed E-state index contributed by atoms with van der Waals surface area (Å²) in [6.45, 7) is 10.9. The summed E-state index contributed by atoms with van der Waals surface area (Å²) in [5.74, 6) is 1.88. The Hall–Kier alpha value is -2.54. The second-order valence-electron chi connectivity index (χ2n) is 6.46. The number of para-hydroxylation sites is 1. The molecule has 0 spiro atoms. The Morgan fingerprint density at radius 2 is 2.00 bits per heavy atom. The van der Waals surface area contributed by atoms with Crippen molar-refractivity contribution >= 4 is 5.96 Å². The first-order valence-electron chi connectivity index (χ1n) is 9.65. The van der Waals surface area contributed by atoms with Crippen molar-refractivity contribution in [3.63, 3.8) is 0 Å². The number of ether oxygens (including phenoxy) is 1.